The number of nitrogens with one attached hydrogen (secondary N) is 1. The Balaban J connectivity index is 1.53. The molecule has 2 aromatic heterocycles. The van der Waals surface area contributed by atoms with Gasteiger partial charge in [-0.25, -0.2) is 4.39 Å². The SMILES string of the molecule is CC(=O)c1cccc(NC(=O)Cn2cccc(-c3nc(-c4ccc(F)cc4)no3)c2=O)c1. The van der Waals surface area contributed by atoms with Gasteiger partial charge in [-0.1, -0.05) is 17.3 Å². The van der Waals surface area contributed by atoms with Gasteiger partial charge in [0.05, 0.1) is 0 Å². The van der Waals surface area contributed by atoms with Gasteiger partial charge in [0, 0.05) is 23.0 Å². The van der Waals surface area contributed by atoms with E-state index in [1.165, 1.54) is 48.0 Å². The topological polar surface area (TPSA) is 107 Å². The highest BCUT2D eigenvalue weighted by atomic mass is 19.1. The molecule has 4 aromatic rings. The third-order valence-corrected chi connectivity index (χ3v) is 4.65. The van der Waals surface area contributed by atoms with Gasteiger partial charge in [0.25, 0.3) is 11.4 Å². The van der Waals surface area contributed by atoms with Crippen molar-refractivity contribution in [3.05, 3.63) is 88.6 Å². The van der Waals surface area contributed by atoms with Crippen LogP contribution in [-0.4, -0.2) is 26.4 Å². The first-order valence-corrected chi connectivity index (χ1v) is 9.61. The van der Waals surface area contributed by atoms with Crippen LogP contribution in [0.25, 0.3) is 22.8 Å². The fraction of sp³-hybridized carbons (Fsp3) is 0.0870. The molecule has 0 aliphatic rings. The molecule has 32 heavy (non-hydrogen) atoms. The molecule has 1 amide bonds. The number of ketones is 1. The Kier molecular flexibility index (Phi) is 5.71. The number of hydrogen-bond donors (Lipinski definition) is 1. The predicted molar refractivity (Wildman–Crippen MR) is 114 cm³/mol. The van der Waals surface area contributed by atoms with Gasteiger partial charge >= 0.3 is 0 Å². The summed E-state index contributed by atoms with van der Waals surface area (Å²) in [5, 5.41) is 6.51. The Bertz CT molecular complexity index is 1360. The van der Waals surface area contributed by atoms with Gasteiger partial charge in [0.2, 0.25) is 11.7 Å². The maximum Gasteiger partial charge on any atom is 0.263 e. The van der Waals surface area contributed by atoms with E-state index in [0.29, 0.717) is 16.8 Å². The van der Waals surface area contributed by atoms with Crippen molar-refractivity contribution in [2.45, 2.75) is 13.5 Å². The second-order valence-electron chi connectivity index (χ2n) is 6.97. The van der Waals surface area contributed by atoms with Crippen molar-refractivity contribution in [3.63, 3.8) is 0 Å². The third-order valence-electron chi connectivity index (χ3n) is 4.65. The van der Waals surface area contributed by atoms with E-state index in [1.54, 1.807) is 30.3 Å². The monoisotopic (exact) mass is 432 g/mol. The van der Waals surface area contributed by atoms with Gasteiger partial charge < -0.3 is 14.4 Å². The third kappa shape index (κ3) is 4.51. The summed E-state index contributed by atoms with van der Waals surface area (Å²) in [7, 11) is 0. The van der Waals surface area contributed by atoms with E-state index in [-0.39, 0.29) is 29.6 Å². The normalized spacial score (nSPS) is 10.7. The Morgan fingerprint density at radius 3 is 2.62 bits per heavy atom. The Morgan fingerprint density at radius 1 is 1.09 bits per heavy atom. The first kappa shape index (κ1) is 20.9. The van der Waals surface area contributed by atoms with E-state index in [9.17, 15) is 18.8 Å². The zero-order valence-electron chi connectivity index (χ0n) is 16.9. The summed E-state index contributed by atoms with van der Waals surface area (Å²) in [5.41, 5.74) is 1.09. The minimum atomic E-state index is -0.491. The number of aromatic nitrogens is 3. The van der Waals surface area contributed by atoms with Crippen molar-refractivity contribution in [2.24, 2.45) is 0 Å². The number of Topliss-reactive ketones (excluding diaryl/α,β-unsaturated/α-hetero) is 1. The molecule has 2 heterocycles. The smallest absolute Gasteiger partial charge is 0.263 e. The predicted octanol–water partition coefficient (Wildman–Crippen LogP) is 3.55. The van der Waals surface area contributed by atoms with Gasteiger partial charge in [-0.15, -0.1) is 0 Å². The van der Waals surface area contributed by atoms with Crippen molar-refractivity contribution in [1.29, 1.82) is 0 Å². The average molecular weight is 432 g/mol. The second kappa shape index (κ2) is 8.76. The van der Waals surface area contributed by atoms with Crippen LogP contribution >= 0.6 is 0 Å². The fourth-order valence-electron chi connectivity index (χ4n) is 3.04. The Hall–Kier alpha value is -4.40. The highest BCUT2D eigenvalue weighted by Gasteiger charge is 2.16. The fourth-order valence-corrected chi connectivity index (χ4v) is 3.04. The number of halogens is 1. The van der Waals surface area contributed by atoms with Crippen molar-refractivity contribution in [1.82, 2.24) is 14.7 Å². The number of carbonyl (C=O) groups excluding carboxylic acids is 2. The maximum atomic E-state index is 13.1. The number of amides is 1. The molecule has 9 heteroatoms. The number of anilines is 1. The molecular formula is C23H17FN4O4. The lowest BCUT2D eigenvalue weighted by molar-refractivity contribution is -0.116. The van der Waals surface area contributed by atoms with Crippen molar-refractivity contribution < 1.29 is 18.5 Å². The first-order valence-electron chi connectivity index (χ1n) is 9.61. The van der Waals surface area contributed by atoms with Gasteiger partial charge in [0.15, 0.2) is 5.78 Å². The number of nitrogens with zero attached hydrogens (tertiary/aromatic N) is 3. The molecule has 0 unspecified atom stereocenters. The molecule has 160 valence electrons. The number of benzene rings is 2. The summed E-state index contributed by atoms with van der Waals surface area (Å²) in [6.07, 6.45) is 1.47. The molecule has 0 radical (unpaired) electrons. The van der Waals surface area contributed by atoms with Crippen LogP contribution in [0.4, 0.5) is 10.1 Å². The van der Waals surface area contributed by atoms with E-state index in [0.717, 1.165) is 0 Å². The molecule has 0 fully saturated rings. The standard InChI is InChI=1S/C23H17FN4O4/c1-14(29)16-4-2-5-18(12-16)25-20(30)13-28-11-3-6-19(23(28)31)22-26-21(27-32-22)15-7-9-17(24)10-8-15/h2-12H,13H2,1H3,(H,25,30). The van der Waals surface area contributed by atoms with Crippen molar-refractivity contribution in [3.8, 4) is 22.8 Å². The number of hydrogen-bond acceptors (Lipinski definition) is 6. The summed E-state index contributed by atoms with van der Waals surface area (Å²) in [6.45, 7) is 1.18. The van der Waals surface area contributed by atoms with Crippen molar-refractivity contribution >= 4 is 17.4 Å². The zero-order chi connectivity index (χ0) is 22.7. The quantitative estimate of drug-likeness (QED) is 0.467. The highest BCUT2D eigenvalue weighted by Crippen LogP contribution is 2.20. The molecule has 0 atom stereocenters. The highest BCUT2D eigenvalue weighted by molar-refractivity contribution is 5.97. The van der Waals surface area contributed by atoms with Crippen LogP contribution in [0.5, 0.6) is 0 Å². The molecule has 1 N–H and O–H groups in total. The molecule has 0 saturated carbocycles. The van der Waals surface area contributed by atoms with Crippen LogP contribution in [0.1, 0.15) is 17.3 Å². The van der Waals surface area contributed by atoms with E-state index >= 15 is 0 Å². The number of rotatable bonds is 6. The van der Waals surface area contributed by atoms with Gasteiger partial charge in [0.1, 0.15) is 17.9 Å². The minimum Gasteiger partial charge on any atom is -0.333 e. The van der Waals surface area contributed by atoms with Crippen LogP contribution in [0.15, 0.2) is 76.2 Å². The van der Waals surface area contributed by atoms with Gasteiger partial charge in [-0.05, 0) is 55.5 Å². The van der Waals surface area contributed by atoms with E-state index in [1.807, 2.05) is 0 Å². The van der Waals surface area contributed by atoms with Gasteiger partial charge in [-0.3, -0.25) is 14.4 Å². The molecule has 4 rings (SSSR count). The number of carbonyl (C=O) groups is 2. The van der Waals surface area contributed by atoms with E-state index in [2.05, 4.69) is 15.5 Å². The van der Waals surface area contributed by atoms with E-state index in [4.69, 9.17) is 4.52 Å². The van der Waals surface area contributed by atoms with Crippen molar-refractivity contribution in [2.75, 3.05) is 5.32 Å². The van der Waals surface area contributed by atoms with Crippen LogP contribution in [0, 0.1) is 5.82 Å². The van der Waals surface area contributed by atoms with E-state index < -0.39 is 17.3 Å². The molecule has 2 aromatic carbocycles. The Labute approximate surface area is 181 Å². The summed E-state index contributed by atoms with van der Waals surface area (Å²) in [5.74, 6) is -0.766. The lowest BCUT2D eigenvalue weighted by Crippen LogP contribution is -2.28. The number of pyridine rings is 1. The zero-order valence-corrected chi connectivity index (χ0v) is 16.9. The maximum absolute atomic E-state index is 13.1. The van der Waals surface area contributed by atoms with Crippen LogP contribution < -0.4 is 10.9 Å². The second-order valence-corrected chi connectivity index (χ2v) is 6.97. The lowest BCUT2D eigenvalue weighted by atomic mass is 10.1. The Morgan fingerprint density at radius 2 is 1.88 bits per heavy atom. The van der Waals surface area contributed by atoms with Crippen LogP contribution in [0.2, 0.25) is 0 Å². The largest absolute Gasteiger partial charge is 0.333 e. The molecule has 0 bridgehead atoms. The molecule has 8 nitrogen and oxygen atoms in total. The summed E-state index contributed by atoms with van der Waals surface area (Å²) >= 11 is 0. The first-order chi connectivity index (χ1) is 15.4. The lowest BCUT2D eigenvalue weighted by Gasteiger charge is -2.09. The summed E-state index contributed by atoms with van der Waals surface area (Å²) in [4.78, 5) is 41.0. The van der Waals surface area contributed by atoms with Crippen LogP contribution in [-0.2, 0) is 11.3 Å². The van der Waals surface area contributed by atoms with Gasteiger partial charge in [-0.2, -0.15) is 4.98 Å². The summed E-state index contributed by atoms with van der Waals surface area (Å²) < 4.78 is 19.5. The van der Waals surface area contributed by atoms with Crippen LogP contribution in [0.3, 0.4) is 0 Å². The molecule has 0 saturated heterocycles. The average Bonchev–Trinajstić information content (AvgIpc) is 3.26. The molecule has 0 aliphatic heterocycles. The molecule has 0 spiro atoms. The summed E-state index contributed by atoms with van der Waals surface area (Å²) in [6, 6.07) is 15.2. The molecule has 0 aliphatic carbocycles. The minimum absolute atomic E-state index is 0.0155. The molecular weight excluding hydrogens is 415 g/mol.